The standard InChI is InChI=1S/C11H16/c1-2-3-8-11-9-6-4-5-7-10-11/h4,6-7,9-10H,2-3,5,8H2,1H3. The molecule has 0 heteroatoms. The van der Waals surface area contributed by atoms with Gasteiger partial charge in [-0.1, -0.05) is 43.7 Å². The average Bonchev–Trinajstić information content (AvgIpc) is 2.28. The molecule has 0 N–H and O–H groups in total. The van der Waals surface area contributed by atoms with Crippen molar-refractivity contribution in [1.82, 2.24) is 0 Å². The van der Waals surface area contributed by atoms with Crippen LogP contribution >= 0.6 is 0 Å². The maximum atomic E-state index is 2.25. The van der Waals surface area contributed by atoms with Crippen LogP contribution in [0, 0.1) is 0 Å². The van der Waals surface area contributed by atoms with E-state index in [1.165, 1.54) is 24.8 Å². The van der Waals surface area contributed by atoms with Crippen molar-refractivity contribution in [3.05, 3.63) is 36.0 Å². The Hall–Kier alpha value is -0.780. The Morgan fingerprint density at radius 3 is 3.09 bits per heavy atom. The van der Waals surface area contributed by atoms with Gasteiger partial charge in [-0.2, -0.15) is 0 Å². The van der Waals surface area contributed by atoms with Crippen molar-refractivity contribution in [3.8, 4) is 0 Å². The van der Waals surface area contributed by atoms with Gasteiger partial charge in [-0.25, -0.2) is 0 Å². The molecule has 11 heavy (non-hydrogen) atoms. The largest absolute Gasteiger partial charge is 0.0807 e. The van der Waals surface area contributed by atoms with Crippen LogP contribution in [0.3, 0.4) is 0 Å². The molecule has 1 rings (SSSR count). The molecule has 0 aromatic carbocycles. The SMILES string of the molecule is CCCCC1=CC=CCC=C1. The molecule has 0 amide bonds. The lowest BCUT2D eigenvalue weighted by atomic mass is 10.1. The third-order valence-corrected chi connectivity index (χ3v) is 1.87. The average molecular weight is 148 g/mol. The summed E-state index contributed by atoms with van der Waals surface area (Å²) in [5.74, 6) is 0. The molecule has 0 unspecified atom stereocenters. The van der Waals surface area contributed by atoms with Crippen LogP contribution in [-0.2, 0) is 0 Å². The zero-order valence-electron chi connectivity index (χ0n) is 7.22. The molecule has 0 radical (unpaired) electrons. The van der Waals surface area contributed by atoms with E-state index in [4.69, 9.17) is 0 Å². The molecule has 0 saturated heterocycles. The van der Waals surface area contributed by atoms with Gasteiger partial charge in [0.1, 0.15) is 0 Å². The lowest BCUT2D eigenvalue weighted by Gasteiger charge is -1.97. The number of unbranched alkanes of at least 4 members (excludes halogenated alkanes) is 1. The van der Waals surface area contributed by atoms with E-state index in [2.05, 4.69) is 37.3 Å². The van der Waals surface area contributed by atoms with Gasteiger partial charge >= 0.3 is 0 Å². The molecule has 0 heterocycles. The lowest BCUT2D eigenvalue weighted by Crippen LogP contribution is -1.77. The highest BCUT2D eigenvalue weighted by Crippen LogP contribution is 2.11. The molecule has 0 atom stereocenters. The van der Waals surface area contributed by atoms with E-state index in [-0.39, 0.29) is 0 Å². The highest BCUT2D eigenvalue weighted by Gasteiger charge is 1.91. The summed E-state index contributed by atoms with van der Waals surface area (Å²) < 4.78 is 0. The van der Waals surface area contributed by atoms with E-state index < -0.39 is 0 Å². The Kier molecular flexibility index (Phi) is 3.74. The minimum absolute atomic E-state index is 1.09. The Balaban J connectivity index is 2.42. The summed E-state index contributed by atoms with van der Waals surface area (Å²) in [6, 6.07) is 0. The number of hydrogen-bond donors (Lipinski definition) is 0. The van der Waals surface area contributed by atoms with Gasteiger partial charge in [-0.05, 0) is 24.8 Å². The Morgan fingerprint density at radius 2 is 2.27 bits per heavy atom. The number of allylic oxidation sites excluding steroid dienone is 6. The fourth-order valence-electron chi connectivity index (χ4n) is 1.17. The van der Waals surface area contributed by atoms with E-state index in [1.807, 2.05) is 0 Å². The third kappa shape index (κ3) is 3.22. The molecule has 0 fully saturated rings. The van der Waals surface area contributed by atoms with Crippen LogP contribution in [0.15, 0.2) is 36.0 Å². The molecule has 60 valence electrons. The summed E-state index contributed by atoms with van der Waals surface area (Å²) in [5, 5.41) is 0. The van der Waals surface area contributed by atoms with Crippen molar-refractivity contribution in [2.45, 2.75) is 32.6 Å². The van der Waals surface area contributed by atoms with Gasteiger partial charge in [0.25, 0.3) is 0 Å². The molecular weight excluding hydrogens is 132 g/mol. The lowest BCUT2D eigenvalue weighted by molar-refractivity contribution is 0.798. The van der Waals surface area contributed by atoms with Gasteiger partial charge in [-0.15, -0.1) is 0 Å². The van der Waals surface area contributed by atoms with Crippen LogP contribution in [0.5, 0.6) is 0 Å². The predicted molar refractivity (Wildman–Crippen MR) is 50.5 cm³/mol. The van der Waals surface area contributed by atoms with E-state index in [0.717, 1.165) is 6.42 Å². The van der Waals surface area contributed by atoms with E-state index in [0.29, 0.717) is 0 Å². The topological polar surface area (TPSA) is 0 Å². The molecule has 0 nitrogen and oxygen atoms in total. The first-order valence-corrected chi connectivity index (χ1v) is 4.45. The molecule has 0 aliphatic heterocycles. The monoisotopic (exact) mass is 148 g/mol. The van der Waals surface area contributed by atoms with Gasteiger partial charge in [0.15, 0.2) is 0 Å². The molecule has 1 aliphatic carbocycles. The van der Waals surface area contributed by atoms with Crippen LogP contribution in [0.25, 0.3) is 0 Å². The fraction of sp³-hybridized carbons (Fsp3) is 0.455. The van der Waals surface area contributed by atoms with Crippen LogP contribution in [-0.4, -0.2) is 0 Å². The van der Waals surface area contributed by atoms with Crippen molar-refractivity contribution >= 4 is 0 Å². The van der Waals surface area contributed by atoms with Crippen LogP contribution in [0.2, 0.25) is 0 Å². The van der Waals surface area contributed by atoms with E-state index >= 15 is 0 Å². The second-order valence-electron chi connectivity index (χ2n) is 2.91. The van der Waals surface area contributed by atoms with Gasteiger partial charge in [-0.3, -0.25) is 0 Å². The van der Waals surface area contributed by atoms with Gasteiger partial charge < -0.3 is 0 Å². The smallest absolute Gasteiger partial charge is 0.0163 e. The van der Waals surface area contributed by atoms with E-state index in [1.54, 1.807) is 0 Å². The summed E-state index contributed by atoms with van der Waals surface area (Å²) in [5.41, 5.74) is 1.47. The summed E-state index contributed by atoms with van der Waals surface area (Å²) in [7, 11) is 0. The minimum atomic E-state index is 1.09. The van der Waals surface area contributed by atoms with Crippen molar-refractivity contribution in [2.75, 3.05) is 0 Å². The predicted octanol–water partition coefficient (Wildman–Crippen LogP) is 3.62. The first-order valence-electron chi connectivity index (χ1n) is 4.45. The Labute approximate surface area is 69.3 Å². The third-order valence-electron chi connectivity index (χ3n) is 1.87. The van der Waals surface area contributed by atoms with Crippen molar-refractivity contribution in [1.29, 1.82) is 0 Å². The van der Waals surface area contributed by atoms with Crippen LogP contribution in [0.4, 0.5) is 0 Å². The summed E-state index contributed by atoms with van der Waals surface area (Å²) in [6.45, 7) is 2.23. The minimum Gasteiger partial charge on any atom is -0.0807 e. The zero-order valence-corrected chi connectivity index (χ0v) is 7.22. The molecular formula is C11H16. The quantitative estimate of drug-likeness (QED) is 0.573. The molecule has 0 spiro atoms. The fourth-order valence-corrected chi connectivity index (χ4v) is 1.17. The van der Waals surface area contributed by atoms with Crippen molar-refractivity contribution in [3.63, 3.8) is 0 Å². The second kappa shape index (κ2) is 4.95. The van der Waals surface area contributed by atoms with Gasteiger partial charge in [0, 0.05) is 0 Å². The Morgan fingerprint density at radius 1 is 1.36 bits per heavy atom. The van der Waals surface area contributed by atoms with E-state index in [9.17, 15) is 0 Å². The highest BCUT2D eigenvalue weighted by atomic mass is 14.0. The van der Waals surface area contributed by atoms with Crippen LogP contribution < -0.4 is 0 Å². The number of rotatable bonds is 3. The summed E-state index contributed by atoms with van der Waals surface area (Å²) in [4.78, 5) is 0. The molecule has 1 aliphatic rings. The number of hydrogen-bond acceptors (Lipinski definition) is 0. The van der Waals surface area contributed by atoms with Gasteiger partial charge in [0.2, 0.25) is 0 Å². The second-order valence-corrected chi connectivity index (χ2v) is 2.91. The molecule has 0 bridgehead atoms. The summed E-state index contributed by atoms with van der Waals surface area (Å²) in [6.07, 6.45) is 16.0. The maximum Gasteiger partial charge on any atom is -0.0163 e. The first kappa shape index (κ1) is 8.32. The molecule has 0 aromatic heterocycles. The zero-order chi connectivity index (χ0) is 7.94. The first-order chi connectivity index (χ1) is 5.43. The molecule has 0 saturated carbocycles. The highest BCUT2D eigenvalue weighted by molar-refractivity contribution is 5.26. The summed E-state index contributed by atoms with van der Waals surface area (Å²) >= 11 is 0. The van der Waals surface area contributed by atoms with Crippen molar-refractivity contribution < 1.29 is 0 Å². The maximum absolute atomic E-state index is 2.25. The normalized spacial score (nSPS) is 16.3. The van der Waals surface area contributed by atoms with Crippen LogP contribution in [0.1, 0.15) is 32.6 Å². The Bertz CT molecular complexity index is 182. The molecule has 0 aromatic rings. The van der Waals surface area contributed by atoms with Crippen molar-refractivity contribution in [2.24, 2.45) is 0 Å². The van der Waals surface area contributed by atoms with Gasteiger partial charge in [0.05, 0.1) is 0 Å².